The Hall–Kier alpha value is -3.35. The van der Waals surface area contributed by atoms with Gasteiger partial charge in [-0.1, -0.05) is 36.4 Å². The van der Waals surface area contributed by atoms with Crippen LogP contribution in [0.15, 0.2) is 73.1 Å². The smallest absolute Gasteiger partial charge is 0.366 e. The maximum Gasteiger partial charge on any atom is 0.416 e. The number of pyridine rings is 1. The van der Waals surface area contributed by atoms with Crippen LogP contribution in [0.5, 0.6) is 0 Å². The molecule has 1 heterocycles. The molecule has 29 heavy (non-hydrogen) atoms. The molecule has 0 atom stereocenters. The number of carbonyl (C=O) groups excluding carboxylic acids is 1. The number of carbonyl (C=O) groups is 1. The Labute approximate surface area is 167 Å². The molecule has 0 aliphatic rings. The van der Waals surface area contributed by atoms with Crippen molar-refractivity contribution in [2.45, 2.75) is 19.6 Å². The monoisotopic (exact) mass is 399 g/mol. The van der Waals surface area contributed by atoms with Gasteiger partial charge in [0.1, 0.15) is 0 Å². The van der Waals surface area contributed by atoms with Gasteiger partial charge in [0.25, 0.3) is 5.91 Å². The molecule has 0 saturated heterocycles. The van der Waals surface area contributed by atoms with E-state index in [1.54, 1.807) is 12.3 Å². The van der Waals surface area contributed by atoms with E-state index in [-0.39, 0.29) is 11.3 Å². The molecule has 2 aromatic carbocycles. The minimum atomic E-state index is -4.47. The van der Waals surface area contributed by atoms with E-state index in [1.165, 1.54) is 18.3 Å². The molecule has 150 valence electrons. The summed E-state index contributed by atoms with van der Waals surface area (Å²) in [5.41, 5.74) is 1.40. The van der Waals surface area contributed by atoms with Crippen molar-refractivity contribution < 1.29 is 18.0 Å². The second-order valence-electron chi connectivity index (χ2n) is 6.46. The Morgan fingerprint density at radius 3 is 2.48 bits per heavy atom. The van der Waals surface area contributed by atoms with Crippen LogP contribution in [-0.2, 0) is 12.7 Å². The molecule has 0 aliphatic heterocycles. The fourth-order valence-corrected chi connectivity index (χ4v) is 2.89. The molecular formula is C22H20F3N3O. The molecule has 3 aromatic rings. The Balaban J connectivity index is 1.77. The van der Waals surface area contributed by atoms with Crippen LogP contribution in [0.2, 0.25) is 0 Å². The van der Waals surface area contributed by atoms with Crippen molar-refractivity contribution in [1.29, 1.82) is 0 Å². The summed E-state index contributed by atoms with van der Waals surface area (Å²) in [6, 6.07) is 16.1. The van der Waals surface area contributed by atoms with Crippen molar-refractivity contribution in [2.24, 2.45) is 0 Å². The maximum atomic E-state index is 12.9. The number of alkyl halides is 3. The van der Waals surface area contributed by atoms with Crippen LogP contribution in [0.4, 0.5) is 24.5 Å². The van der Waals surface area contributed by atoms with Gasteiger partial charge in [0.2, 0.25) is 0 Å². The van der Waals surface area contributed by atoms with Crippen LogP contribution in [0, 0.1) is 0 Å². The average Bonchev–Trinajstić information content (AvgIpc) is 2.72. The lowest BCUT2D eigenvalue weighted by Gasteiger charge is -2.23. The third-order valence-electron chi connectivity index (χ3n) is 4.40. The molecule has 0 radical (unpaired) electrons. The lowest BCUT2D eigenvalue weighted by atomic mass is 10.1. The number of hydrogen-bond donors (Lipinski definition) is 1. The number of halogens is 3. The zero-order chi connectivity index (χ0) is 20.9. The number of hydrogen-bond acceptors (Lipinski definition) is 3. The van der Waals surface area contributed by atoms with Crippen molar-refractivity contribution in [1.82, 2.24) is 4.98 Å². The summed E-state index contributed by atoms with van der Waals surface area (Å²) in [5, 5.41) is 2.51. The van der Waals surface area contributed by atoms with Gasteiger partial charge in [0, 0.05) is 25.0 Å². The highest BCUT2D eigenvalue weighted by Gasteiger charge is 2.30. The fraction of sp³-hybridized carbons (Fsp3) is 0.182. The number of nitrogens with zero attached hydrogens (tertiary/aromatic N) is 2. The molecule has 0 saturated carbocycles. The second kappa shape index (κ2) is 8.77. The topological polar surface area (TPSA) is 45.2 Å². The minimum absolute atomic E-state index is 0.0758. The number of amides is 1. The van der Waals surface area contributed by atoms with E-state index in [4.69, 9.17) is 0 Å². The average molecular weight is 399 g/mol. The van der Waals surface area contributed by atoms with E-state index in [9.17, 15) is 18.0 Å². The Morgan fingerprint density at radius 2 is 1.79 bits per heavy atom. The highest BCUT2D eigenvalue weighted by molar-refractivity contribution is 6.04. The standard InChI is InChI=1S/C22H20F3N3O/c1-2-28(15-16-7-4-3-5-8-16)20-11-17(13-26-14-20)21(29)27-19-10-6-9-18(12-19)22(23,24)25/h3-14H,2,15H2,1H3,(H,27,29). The van der Waals surface area contributed by atoms with Gasteiger partial charge < -0.3 is 10.2 Å². The van der Waals surface area contributed by atoms with Crippen molar-refractivity contribution in [2.75, 3.05) is 16.8 Å². The molecule has 1 aromatic heterocycles. The van der Waals surface area contributed by atoms with Gasteiger partial charge in [0.15, 0.2) is 0 Å². The molecule has 1 N–H and O–H groups in total. The molecule has 0 bridgehead atoms. The largest absolute Gasteiger partial charge is 0.416 e. The van der Waals surface area contributed by atoms with Gasteiger partial charge in [-0.15, -0.1) is 0 Å². The van der Waals surface area contributed by atoms with E-state index in [0.717, 1.165) is 23.4 Å². The molecule has 0 unspecified atom stereocenters. The Bertz CT molecular complexity index is 974. The minimum Gasteiger partial charge on any atom is -0.366 e. The molecule has 4 nitrogen and oxygen atoms in total. The summed E-state index contributed by atoms with van der Waals surface area (Å²) >= 11 is 0. The normalized spacial score (nSPS) is 11.2. The summed E-state index contributed by atoms with van der Waals surface area (Å²) in [5.74, 6) is -0.519. The number of nitrogens with one attached hydrogen (secondary N) is 1. The van der Waals surface area contributed by atoms with Crippen LogP contribution < -0.4 is 10.2 Å². The molecule has 3 rings (SSSR count). The molecule has 0 spiro atoms. The van der Waals surface area contributed by atoms with Crippen LogP contribution in [-0.4, -0.2) is 17.4 Å². The maximum absolute atomic E-state index is 12.9. The van der Waals surface area contributed by atoms with Gasteiger partial charge in [-0.05, 0) is 36.8 Å². The van der Waals surface area contributed by atoms with Gasteiger partial charge in [-0.25, -0.2) is 0 Å². The summed E-state index contributed by atoms with van der Waals surface area (Å²) in [4.78, 5) is 18.7. The van der Waals surface area contributed by atoms with Crippen molar-refractivity contribution >= 4 is 17.3 Å². The van der Waals surface area contributed by atoms with Gasteiger partial charge in [0.05, 0.1) is 23.0 Å². The lowest BCUT2D eigenvalue weighted by Crippen LogP contribution is -2.23. The number of aromatic nitrogens is 1. The van der Waals surface area contributed by atoms with Crippen LogP contribution >= 0.6 is 0 Å². The quantitative estimate of drug-likeness (QED) is 0.605. The highest BCUT2D eigenvalue weighted by atomic mass is 19.4. The predicted molar refractivity (Wildman–Crippen MR) is 107 cm³/mol. The van der Waals surface area contributed by atoms with Crippen LogP contribution in [0.3, 0.4) is 0 Å². The number of benzene rings is 2. The predicted octanol–water partition coefficient (Wildman–Crippen LogP) is 5.38. The SMILES string of the molecule is CCN(Cc1ccccc1)c1cncc(C(=O)Nc2cccc(C(F)(F)F)c2)c1. The first kappa shape index (κ1) is 20.4. The first-order valence-corrected chi connectivity index (χ1v) is 9.09. The molecule has 1 amide bonds. The molecule has 0 aliphatic carbocycles. The van der Waals surface area contributed by atoms with Gasteiger partial charge >= 0.3 is 6.18 Å². The van der Waals surface area contributed by atoms with Crippen LogP contribution in [0.1, 0.15) is 28.4 Å². The lowest BCUT2D eigenvalue weighted by molar-refractivity contribution is -0.137. The van der Waals surface area contributed by atoms with Gasteiger partial charge in [-0.3, -0.25) is 9.78 Å². The van der Waals surface area contributed by atoms with Crippen molar-refractivity contribution in [3.8, 4) is 0 Å². The zero-order valence-corrected chi connectivity index (χ0v) is 15.8. The van der Waals surface area contributed by atoms with E-state index in [1.807, 2.05) is 37.3 Å². The van der Waals surface area contributed by atoms with Crippen molar-refractivity contribution in [3.05, 3.63) is 89.7 Å². The second-order valence-corrected chi connectivity index (χ2v) is 6.46. The van der Waals surface area contributed by atoms with Gasteiger partial charge in [-0.2, -0.15) is 13.2 Å². The summed E-state index contributed by atoms with van der Waals surface area (Å²) in [7, 11) is 0. The molecule has 7 heteroatoms. The number of anilines is 2. The molecule has 0 fully saturated rings. The highest BCUT2D eigenvalue weighted by Crippen LogP contribution is 2.30. The Morgan fingerprint density at radius 1 is 1.03 bits per heavy atom. The zero-order valence-electron chi connectivity index (χ0n) is 15.8. The first-order valence-electron chi connectivity index (χ1n) is 9.09. The summed E-state index contributed by atoms with van der Waals surface area (Å²) in [6.07, 6.45) is -1.42. The Kier molecular flexibility index (Phi) is 6.16. The van der Waals surface area contributed by atoms with E-state index in [0.29, 0.717) is 13.1 Å². The summed E-state index contributed by atoms with van der Waals surface area (Å²) in [6.45, 7) is 3.35. The third-order valence-corrected chi connectivity index (χ3v) is 4.40. The van der Waals surface area contributed by atoms with Crippen LogP contribution in [0.25, 0.3) is 0 Å². The van der Waals surface area contributed by atoms with E-state index in [2.05, 4.69) is 15.2 Å². The summed E-state index contributed by atoms with van der Waals surface area (Å²) < 4.78 is 38.6. The van der Waals surface area contributed by atoms with E-state index < -0.39 is 17.6 Å². The number of rotatable bonds is 6. The molecular weight excluding hydrogens is 379 g/mol. The van der Waals surface area contributed by atoms with Crippen molar-refractivity contribution in [3.63, 3.8) is 0 Å². The third kappa shape index (κ3) is 5.34. The van der Waals surface area contributed by atoms with E-state index >= 15 is 0 Å². The first-order chi connectivity index (χ1) is 13.9. The fourth-order valence-electron chi connectivity index (χ4n) is 2.89.